The van der Waals surface area contributed by atoms with Crippen LogP contribution in [-0.2, 0) is 6.42 Å². The Morgan fingerprint density at radius 2 is 2.38 bits per heavy atom. The van der Waals surface area contributed by atoms with E-state index in [4.69, 9.17) is 4.74 Å². The Labute approximate surface area is 76.7 Å². The van der Waals surface area contributed by atoms with Gasteiger partial charge in [0.2, 0.25) is 0 Å². The Hall–Kier alpha value is -1.25. The number of nitrogens with one attached hydrogen (secondary N) is 1. The van der Waals surface area contributed by atoms with Gasteiger partial charge in [0.15, 0.2) is 0 Å². The molecule has 3 heteroatoms. The first-order valence-electron chi connectivity index (χ1n) is 4.50. The highest BCUT2D eigenvalue weighted by molar-refractivity contribution is 5.61. The van der Waals surface area contributed by atoms with Crippen LogP contribution in [0.3, 0.4) is 0 Å². The van der Waals surface area contributed by atoms with Gasteiger partial charge in [-0.05, 0) is 18.1 Å². The van der Waals surface area contributed by atoms with E-state index in [9.17, 15) is 4.39 Å². The maximum atomic E-state index is 13.0. The second-order valence-electron chi connectivity index (χ2n) is 3.07. The largest absolute Gasteiger partial charge is 0.489 e. The number of benzene rings is 1. The van der Waals surface area contributed by atoms with Crippen molar-refractivity contribution in [2.45, 2.75) is 13.3 Å². The van der Waals surface area contributed by atoms with Crippen LogP contribution in [0.15, 0.2) is 12.1 Å². The summed E-state index contributed by atoms with van der Waals surface area (Å²) in [6.45, 7) is 3.40. The van der Waals surface area contributed by atoms with Gasteiger partial charge < -0.3 is 10.1 Å². The van der Waals surface area contributed by atoms with Crippen LogP contribution in [0, 0.1) is 5.82 Å². The van der Waals surface area contributed by atoms with Gasteiger partial charge in [0.05, 0.1) is 5.69 Å². The van der Waals surface area contributed by atoms with Crippen molar-refractivity contribution in [2.75, 3.05) is 18.5 Å². The molecule has 0 radical (unpaired) electrons. The van der Waals surface area contributed by atoms with Gasteiger partial charge in [0, 0.05) is 12.6 Å². The SMILES string of the molecule is CCc1cc(F)cc2c1OCCN2. The Morgan fingerprint density at radius 1 is 1.54 bits per heavy atom. The van der Waals surface area contributed by atoms with E-state index in [2.05, 4.69) is 5.32 Å². The van der Waals surface area contributed by atoms with E-state index in [1.807, 2.05) is 6.92 Å². The van der Waals surface area contributed by atoms with Crippen LogP contribution in [0.5, 0.6) is 5.75 Å². The highest BCUT2D eigenvalue weighted by Crippen LogP contribution is 2.32. The zero-order valence-electron chi connectivity index (χ0n) is 7.56. The van der Waals surface area contributed by atoms with Gasteiger partial charge in [-0.3, -0.25) is 0 Å². The number of anilines is 1. The van der Waals surface area contributed by atoms with Gasteiger partial charge in [-0.2, -0.15) is 0 Å². The predicted octanol–water partition coefficient (Wildman–Crippen LogP) is 2.19. The van der Waals surface area contributed by atoms with Crippen molar-refractivity contribution in [3.63, 3.8) is 0 Å². The number of ether oxygens (including phenoxy) is 1. The monoisotopic (exact) mass is 181 g/mol. The van der Waals surface area contributed by atoms with Gasteiger partial charge in [-0.15, -0.1) is 0 Å². The number of hydrogen-bond acceptors (Lipinski definition) is 2. The fraction of sp³-hybridized carbons (Fsp3) is 0.400. The zero-order valence-corrected chi connectivity index (χ0v) is 7.56. The Kier molecular flexibility index (Phi) is 2.08. The molecule has 0 saturated carbocycles. The molecular formula is C10H12FNO. The van der Waals surface area contributed by atoms with Crippen molar-refractivity contribution in [3.05, 3.63) is 23.5 Å². The minimum Gasteiger partial charge on any atom is -0.489 e. The van der Waals surface area contributed by atoms with Gasteiger partial charge >= 0.3 is 0 Å². The van der Waals surface area contributed by atoms with Gasteiger partial charge in [-0.1, -0.05) is 6.92 Å². The molecule has 1 aromatic carbocycles. The van der Waals surface area contributed by atoms with E-state index in [0.29, 0.717) is 6.61 Å². The predicted molar refractivity (Wildman–Crippen MR) is 49.8 cm³/mol. The summed E-state index contributed by atoms with van der Waals surface area (Å²) in [4.78, 5) is 0. The molecule has 13 heavy (non-hydrogen) atoms. The van der Waals surface area contributed by atoms with Crippen LogP contribution in [0.2, 0.25) is 0 Å². The molecule has 0 aliphatic carbocycles. The summed E-state index contributed by atoms with van der Waals surface area (Å²) in [7, 11) is 0. The first kappa shape index (κ1) is 8.35. The number of hydrogen-bond donors (Lipinski definition) is 1. The highest BCUT2D eigenvalue weighted by atomic mass is 19.1. The molecule has 70 valence electrons. The summed E-state index contributed by atoms with van der Waals surface area (Å²) in [6.07, 6.45) is 0.793. The maximum absolute atomic E-state index is 13.0. The van der Waals surface area contributed by atoms with E-state index >= 15 is 0 Å². The molecule has 0 spiro atoms. The normalized spacial score (nSPS) is 14.3. The molecule has 2 rings (SSSR count). The summed E-state index contributed by atoms with van der Waals surface area (Å²) in [5.41, 5.74) is 1.71. The Bertz CT molecular complexity index is 308. The molecule has 0 atom stereocenters. The summed E-state index contributed by atoms with van der Waals surface area (Å²) in [5.74, 6) is 0.615. The molecule has 1 N–H and O–H groups in total. The summed E-state index contributed by atoms with van der Waals surface area (Å²) >= 11 is 0. The molecule has 1 heterocycles. The lowest BCUT2D eigenvalue weighted by Gasteiger charge is -2.21. The number of halogens is 1. The molecule has 1 aromatic rings. The quantitative estimate of drug-likeness (QED) is 0.717. The third-order valence-corrected chi connectivity index (χ3v) is 2.18. The zero-order chi connectivity index (χ0) is 9.26. The van der Waals surface area contributed by atoms with E-state index in [-0.39, 0.29) is 5.82 Å². The standard InChI is InChI=1S/C10H12FNO/c1-2-7-5-8(11)6-9-10(7)13-4-3-12-9/h5-6,12H,2-4H2,1H3. The summed E-state index contributed by atoms with van der Waals surface area (Å²) < 4.78 is 18.5. The molecule has 0 bridgehead atoms. The maximum Gasteiger partial charge on any atom is 0.145 e. The Balaban J connectivity index is 2.50. The van der Waals surface area contributed by atoms with Gasteiger partial charge in [0.25, 0.3) is 0 Å². The second-order valence-corrected chi connectivity index (χ2v) is 3.07. The molecular weight excluding hydrogens is 169 g/mol. The lowest BCUT2D eigenvalue weighted by molar-refractivity contribution is 0.319. The molecule has 0 amide bonds. The van der Waals surface area contributed by atoms with Crippen LogP contribution < -0.4 is 10.1 Å². The molecule has 1 aliphatic heterocycles. The summed E-state index contributed by atoms with van der Waals surface area (Å²) in [5, 5.41) is 3.11. The molecule has 0 unspecified atom stereocenters. The molecule has 0 saturated heterocycles. The van der Waals surface area contributed by atoms with Crippen molar-refractivity contribution >= 4 is 5.69 Å². The van der Waals surface area contributed by atoms with Crippen LogP contribution in [0.25, 0.3) is 0 Å². The van der Waals surface area contributed by atoms with Crippen LogP contribution in [0.4, 0.5) is 10.1 Å². The van der Waals surface area contributed by atoms with Crippen LogP contribution in [0.1, 0.15) is 12.5 Å². The smallest absolute Gasteiger partial charge is 0.145 e. The lowest BCUT2D eigenvalue weighted by atomic mass is 10.1. The minimum absolute atomic E-state index is 0.200. The topological polar surface area (TPSA) is 21.3 Å². The minimum atomic E-state index is -0.200. The molecule has 2 nitrogen and oxygen atoms in total. The fourth-order valence-corrected chi connectivity index (χ4v) is 1.55. The first-order chi connectivity index (χ1) is 6.31. The average molecular weight is 181 g/mol. The fourth-order valence-electron chi connectivity index (χ4n) is 1.55. The van der Waals surface area contributed by atoms with Crippen molar-refractivity contribution in [1.29, 1.82) is 0 Å². The van der Waals surface area contributed by atoms with Crippen molar-refractivity contribution in [1.82, 2.24) is 0 Å². The third-order valence-electron chi connectivity index (χ3n) is 2.18. The van der Waals surface area contributed by atoms with Crippen LogP contribution >= 0.6 is 0 Å². The number of aryl methyl sites for hydroxylation is 1. The molecule has 0 aromatic heterocycles. The molecule has 0 fully saturated rings. The average Bonchev–Trinajstić information content (AvgIpc) is 2.16. The van der Waals surface area contributed by atoms with Crippen molar-refractivity contribution < 1.29 is 9.13 Å². The van der Waals surface area contributed by atoms with Gasteiger partial charge in [-0.25, -0.2) is 4.39 Å². The lowest BCUT2D eigenvalue weighted by Crippen LogP contribution is -2.19. The molecule has 1 aliphatic rings. The van der Waals surface area contributed by atoms with Crippen LogP contribution in [-0.4, -0.2) is 13.2 Å². The number of rotatable bonds is 1. The van der Waals surface area contributed by atoms with Crippen molar-refractivity contribution in [2.24, 2.45) is 0 Å². The second kappa shape index (κ2) is 3.24. The van der Waals surface area contributed by atoms with E-state index in [1.165, 1.54) is 12.1 Å². The van der Waals surface area contributed by atoms with E-state index in [1.54, 1.807) is 0 Å². The summed E-state index contributed by atoms with van der Waals surface area (Å²) in [6, 6.07) is 3.01. The van der Waals surface area contributed by atoms with E-state index < -0.39 is 0 Å². The van der Waals surface area contributed by atoms with E-state index in [0.717, 1.165) is 30.0 Å². The highest BCUT2D eigenvalue weighted by Gasteiger charge is 2.14. The Morgan fingerprint density at radius 3 is 3.15 bits per heavy atom. The van der Waals surface area contributed by atoms with Crippen molar-refractivity contribution in [3.8, 4) is 5.75 Å². The third kappa shape index (κ3) is 1.46. The number of fused-ring (bicyclic) bond motifs is 1. The van der Waals surface area contributed by atoms with Gasteiger partial charge in [0.1, 0.15) is 18.2 Å². The first-order valence-corrected chi connectivity index (χ1v) is 4.50.